The topological polar surface area (TPSA) is 89.1 Å². The molecule has 1 heterocycles. The Balaban J connectivity index is 1.46. The number of aromatic nitrogens is 3. The third kappa shape index (κ3) is 6.66. The van der Waals surface area contributed by atoms with Gasteiger partial charge in [0.1, 0.15) is 5.82 Å². The summed E-state index contributed by atoms with van der Waals surface area (Å²) >= 11 is 1.33. The first-order valence-electron chi connectivity index (χ1n) is 10.4. The number of amides is 1. The molecule has 1 aromatic heterocycles. The molecule has 2 aromatic rings. The van der Waals surface area contributed by atoms with Crippen molar-refractivity contribution < 1.29 is 14.3 Å². The molecule has 0 bridgehead atoms. The van der Waals surface area contributed by atoms with Gasteiger partial charge < -0.3 is 14.8 Å². The maximum absolute atomic E-state index is 12.3. The highest BCUT2D eigenvalue weighted by Crippen LogP contribution is 2.31. The van der Waals surface area contributed by atoms with Gasteiger partial charge in [-0.2, -0.15) is 0 Å². The number of aryl methyl sites for hydroxylation is 1. The minimum absolute atomic E-state index is 0.112. The van der Waals surface area contributed by atoms with Crippen molar-refractivity contribution in [2.24, 2.45) is 5.92 Å². The van der Waals surface area contributed by atoms with Crippen LogP contribution in [0.2, 0.25) is 0 Å². The Bertz CT molecular complexity index is 790. The van der Waals surface area contributed by atoms with E-state index in [1.54, 1.807) is 6.07 Å². The van der Waals surface area contributed by atoms with Crippen molar-refractivity contribution in [3.05, 3.63) is 24.0 Å². The number of aromatic amines is 1. The fourth-order valence-corrected chi connectivity index (χ4v) is 4.17. The van der Waals surface area contributed by atoms with Crippen LogP contribution >= 0.6 is 11.8 Å². The first kappa shape index (κ1) is 21.5. The normalized spacial score (nSPS) is 14.1. The number of ether oxygens (including phenoxy) is 2. The summed E-state index contributed by atoms with van der Waals surface area (Å²) in [6, 6.07) is 5.40. The molecule has 1 aliphatic carbocycles. The van der Waals surface area contributed by atoms with Crippen LogP contribution in [-0.2, 0) is 11.2 Å². The van der Waals surface area contributed by atoms with Gasteiger partial charge in [-0.3, -0.25) is 9.89 Å². The molecule has 0 saturated heterocycles. The fraction of sp³-hybridized carbons (Fsp3) is 0.571. The fourth-order valence-electron chi connectivity index (χ4n) is 3.55. The van der Waals surface area contributed by atoms with E-state index in [1.807, 2.05) is 26.0 Å². The van der Waals surface area contributed by atoms with E-state index in [4.69, 9.17) is 9.47 Å². The molecule has 8 heteroatoms. The number of thioether (sulfide) groups is 1. The molecule has 1 aliphatic rings. The lowest BCUT2D eigenvalue weighted by Gasteiger charge is -2.12. The van der Waals surface area contributed by atoms with E-state index in [-0.39, 0.29) is 11.7 Å². The number of rotatable bonds is 11. The predicted octanol–water partition coefficient (Wildman–Crippen LogP) is 4.46. The van der Waals surface area contributed by atoms with Gasteiger partial charge in [-0.25, -0.2) is 4.98 Å². The summed E-state index contributed by atoms with van der Waals surface area (Å²) in [6.07, 6.45) is 7.49. The number of hydrogen-bond donors (Lipinski definition) is 2. The average Bonchev–Trinajstić information content (AvgIpc) is 3.39. The maximum Gasteiger partial charge on any atom is 0.234 e. The van der Waals surface area contributed by atoms with Crippen molar-refractivity contribution in [1.29, 1.82) is 0 Å². The number of carbonyl (C=O) groups is 1. The summed E-state index contributed by atoms with van der Waals surface area (Å²) in [5.74, 6) is 3.18. The minimum Gasteiger partial charge on any atom is -0.490 e. The van der Waals surface area contributed by atoms with Gasteiger partial charge >= 0.3 is 0 Å². The largest absolute Gasteiger partial charge is 0.490 e. The second kappa shape index (κ2) is 11.1. The third-order valence-electron chi connectivity index (χ3n) is 4.93. The molecule has 1 aromatic carbocycles. The molecule has 1 saturated carbocycles. The van der Waals surface area contributed by atoms with Gasteiger partial charge in [-0.15, -0.1) is 5.10 Å². The van der Waals surface area contributed by atoms with E-state index in [0.717, 1.165) is 18.2 Å². The lowest BCUT2D eigenvalue weighted by molar-refractivity contribution is -0.113. The van der Waals surface area contributed by atoms with Crippen LogP contribution < -0.4 is 14.8 Å². The zero-order valence-electron chi connectivity index (χ0n) is 17.2. The molecule has 0 radical (unpaired) electrons. The molecule has 0 aliphatic heterocycles. The first-order valence-corrected chi connectivity index (χ1v) is 11.4. The molecule has 29 heavy (non-hydrogen) atoms. The van der Waals surface area contributed by atoms with E-state index in [1.165, 1.54) is 43.9 Å². The van der Waals surface area contributed by atoms with Gasteiger partial charge in [0.05, 0.1) is 19.0 Å². The van der Waals surface area contributed by atoms with Gasteiger partial charge in [0.15, 0.2) is 11.5 Å². The molecule has 1 fully saturated rings. The van der Waals surface area contributed by atoms with Crippen LogP contribution in [0.3, 0.4) is 0 Å². The Morgan fingerprint density at radius 3 is 2.72 bits per heavy atom. The summed E-state index contributed by atoms with van der Waals surface area (Å²) in [5.41, 5.74) is 0.676. The minimum atomic E-state index is -0.112. The van der Waals surface area contributed by atoms with E-state index < -0.39 is 0 Å². The molecule has 7 nitrogen and oxygen atoms in total. The van der Waals surface area contributed by atoms with Crippen molar-refractivity contribution in [3.63, 3.8) is 0 Å². The monoisotopic (exact) mass is 418 g/mol. The summed E-state index contributed by atoms with van der Waals surface area (Å²) in [4.78, 5) is 16.8. The molecule has 158 valence electrons. The van der Waals surface area contributed by atoms with E-state index in [9.17, 15) is 4.79 Å². The Hall–Kier alpha value is -2.22. The van der Waals surface area contributed by atoms with E-state index >= 15 is 0 Å². The highest BCUT2D eigenvalue weighted by atomic mass is 32.2. The molecule has 2 N–H and O–H groups in total. The summed E-state index contributed by atoms with van der Waals surface area (Å²) in [5, 5.41) is 10.7. The van der Waals surface area contributed by atoms with Crippen molar-refractivity contribution >= 4 is 23.4 Å². The molecular formula is C21H30N4O3S. The summed E-state index contributed by atoms with van der Waals surface area (Å²) < 4.78 is 11.1. The van der Waals surface area contributed by atoms with Crippen LogP contribution in [0, 0.1) is 5.92 Å². The Morgan fingerprint density at radius 1 is 1.21 bits per heavy atom. The molecular weight excluding hydrogens is 388 g/mol. The van der Waals surface area contributed by atoms with Gasteiger partial charge in [0.2, 0.25) is 11.1 Å². The zero-order valence-corrected chi connectivity index (χ0v) is 18.0. The maximum atomic E-state index is 12.3. The van der Waals surface area contributed by atoms with Crippen molar-refractivity contribution in [1.82, 2.24) is 15.2 Å². The number of hydrogen-bond acceptors (Lipinski definition) is 6. The quantitative estimate of drug-likeness (QED) is 0.524. The number of carbonyl (C=O) groups excluding carboxylic acids is 1. The highest BCUT2D eigenvalue weighted by molar-refractivity contribution is 7.99. The lowest BCUT2D eigenvalue weighted by Crippen LogP contribution is -2.14. The zero-order chi connectivity index (χ0) is 20.5. The Morgan fingerprint density at radius 2 is 1.97 bits per heavy atom. The van der Waals surface area contributed by atoms with Crippen LogP contribution in [0.1, 0.15) is 51.8 Å². The smallest absolute Gasteiger partial charge is 0.234 e. The van der Waals surface area contributed by atoms with Gasteiger partial charge in [0.25, 0.3) is 0 Å². The average molecular weight is 419 g/mol. The first-order chi connectivity index (χ1) is 14.2. The van der Waals surface area contributed by atoms with Crippen LogP contribution in [-0.4, -0.2) is 40.1 Å². The molecule has 0 spiro atoms. The van der Waals surface area contributed by atoms with E-state index in [0.29, 0.717) is 35.6 Å². The molecule has 0 unspecified atom stereocenters. The molecule has 1 amide bonds. The number of nitrogens with one attached hydrogen (secondary N) is 2. The Kier molecular flexibility index (Phi) is 8.22. The highest BCUT2D eigenvalue weighted by Gasteiger charge is 2.16. The SMILES string of the molecule is CCOc1ccc(NC(=O)CSc2n[nH]c(CCC3CCCC3)n2)cc1OCC. The number of anilines is 1. The molecule has 3 rings (SSSR count). The van der Waals surface area contributed by atoms with Crippen molar-refractivity contribution in [2.75, 3.05) is 24.3 Å². The number of benzene rings is 1. The summed E-state index contributed by atoms with van der Waals surface area (Å²) in [7, 11) is 0. The van der Waals surface area contributed by atoms with Gasteiger partial charge in [-0.05, 0) is 38.3 Å². The van der Waals surface area contributed by atoms with E-state index in [2.05, 4.69) is 20.5 Å². The Labute approximate surface area is 176 Å². The second-order valence-electron chi connectivity index (χ2n) is 7.12. The summed E-state index contributed by atoms with van der Waals surface area (Å²) in [6.45, 7) is 4.92. The van der Waals surface area contributed by atoms with Crippen molar-refractivity contribution in [3.8, 4) is 11.5 Å². The predicted molar refractivity (Wildman–Crippen MR) is 115 cm³/mol. The van der Waals surface area contributed by atoms with Gasteiger partial charge in [0, 0.05) is 18.2 Å². The third-order valence-corrected chi connectivity index (χ3v) is 5.78. The standard InChI is InChI=1S/C21H30N4O3S/c1-3-27-17-11-10-16(13-18(17)28-4-2)22-20(26)14-29-21-23-19(24-25-21)12-9-15-7-5-6-8-15/h10-11,13,15H,3-9,12,14H2,1-2H3,(H,22,26)(H,23,24,25). The van der Waals surface area contributed by atoms with Crippen molar-refractivity contribution in [2.45, 2.75) is 57.5 Å². The van der Waals surface area contributed by atoms with Gasteiger partial charge in [-0.1, -0.05) is 37.4 Å². The lowest BCUT2D eigenvalue weighted by atomic mass is 10.0. The number of H-pyrrole nitrogens is 1. The molecule has 0 atom stereocenters. The van der Waals surface area contributed by atoms with Crippen LogP contribution in [0.4, 0.5) is 5.69 Å². The van der Waals surface area contributed by atoms with Crippen LogP contribution in [0.15, 0.2) is 23.4 Å². The second-order valence-corrected chi connectivity index (χ2v) is 8.06. The van der Waals surface area contributed by atoms with Crippen LogP contribution in [0.25, 0.3) is 0 Å². The number of nitrogens with zero attached hydrogens (tertiary/aromatic N) is 2. The van der Waals surface area contributed by atoms with Crippen LogP contribution in [0.5, 0.6) is 11.5 Å².